The third-order valence-electron chi connectivity index (χ3n) is 3.81. The molecule has 0 aromatic heterocycles. The summed E-state index contributed by atoms with van der Waals surface area (Å²) in [5.74, 6) is 1.62. The zero-order valence-corrected chi connectivity index (χ0v) is 13.4. The van der Waals surface area contributed by atoms with E-state index in [1.54, 1.807) is 0 Å². The second-order valence-corrected chi connectivity index (χ2v) is 6.29. The average molecular weight is 291 g/mol. The van der Waals surface area contributed by atoms with Gasteiger partial charge in [-0.1, -0.05) is 38.8 Å². The molecule has 21 heavy (non-hydrogen) atoms. The van der Waals surface area contributed by atoms with Crippen molar-refractivity contribution < 1.29 is 9.47 Å². The van der Waals surface area contributed by atoms with Crippen LogP contribution in [-0.2, 0) is 11.3 Å². The molecule has 1 N–H and O–H groups in total. The van der Waals surface area contributed by atoms with Crippen LogP contribution in [0, 0.1) is 5.92 Å². The van der Waals surface area contributed by atoms with Crippen molar-refractivity contribution in [3.63, 3.8) is 0 Å². The highest BCUT2D eigenvalue weighted by atomic mass is 16.5. The fourth-order valence-electron chi connectivity index (χ4n) is 2.64. The van der Waals surface area contributed by atoms with Crippen molar-refractivity contribution in [2.75, 3.05) is 19.8 Å². The molecule has 1 saturated carbocycles. The summed E-state index contributed by atoms with van der Waals surface area (Å²) < 4.78 is 11.5. The molecule has 0 atom stereocenters. The van der Waals surface area contributed by atoms with Crippen LogP contribution >= 0.6 is 0 Å². The number of ether oxygens (including phenoxy) is 2. The third-order valence-corrected chi connectivity index (χ3v) is 3.81. The molecule has 0 spiro atoms. The zero-order chi connectivity index (χ0) is 14.9. The molecule has 0 saturated heterocycles. The molecule has 1 aromatic carbocycles. The fraction of sp³-hybridized carbons (Fsp3) is 0.667. The molecule has 118 valence electrons. The largest absolute Gasteiger partial charge is 0.491 e. The molecule has 1 aliphatic rings. The molecule has 1 fully saturated rings. The van der Waals surface area contributed by atoms with Gasteiger partial charge in [0, 0.05) is 6.54 Å². The Labute approximate surface area is 129 Å². The molecular formula is C18H29NO2. The van der Waals surface area contributed by atoms with Crippen LogP contribution in [0.25, 0.3) is 0 Å². The van der Waals surface area contributed by atoms with Crippen LogP contribution in [-0.4, -0.2) is 25.9 Å². The van der Waals surface area contributed by atoms with Crippen LogP contribution in [0.5, 0.6) is 5.75 Å². The first-order valence-electron chi connectivity index (χ1n) is 8.28. The summed E-state index contributed by atoms with van der Waals surface area (Å²) in [6.45, 7) is 7.75. The van der Waals surface area contributed by atoms with E-state index < -0.39 is 0 Å². The Kier molecular flexibility index (Phi) is 7.04. The van der Waals surface area contributed by atoms with Gasteiger partial charge < -0.3 is 14.8 Å². The van der Waals surface area contributed by atoms with Gasteiger partial charge in [-0.25, -0.2) is 0 Å². The van der Waals surface area contributed by atoms with Crippen molar-refractivity contribution in [1.29, 1.82) is 0 Å². The second-order valence-electron chi connectivity index (χ2n) is 6.29. The van der Waals surface area contributed by atoms with Crippen LogP contribution in [0.15, 0.2) is 24.3 Å². The van der Waals surface area contributed by atoms with Gasteiger partial charge in [-0.15, -0.1) is 0 Å². The van der Waals surface area contributed by atoms with Crippen LogP contribution in [0.2, 0.25) is 0 Å². The molecule has 3 nitrogen and oxygen atoms in total. The van der Waals surface area contributed by atoms with Gasteiger partial charge in [-0.3, -0.25) is 0 Å². The lowest BCUT2D eigenvalue weighted by Crippen LogP contribution is -2.18. The third kappa shape index (κ3) is 6.49. The number of hydrogen-bond donors (Lipinski definition) is 1. The Morgan fingerprint density at radius 3 is 2.48 bits per heavy atom. The fourth-order valence-corrected chi connectivity index (χ4v) is 2.64. The highest BCUT2D eigenvalue weighted by Gasteiger charge is 2.14. The Morgan fingerprint density at radius 2 is 1.81 bits per heavy atom. The van der Waals surface area contributed by atoms with Gasteiger partial charge in [0.15, 0.2) is 0 Å². The molecule has 0 aliphatic heterocycles. The van der Waals surface area contributed by atoms with Crippen LogP contribution in [0.3, 0.4) is 0 Å². The predicted molar refractivity (Wildman–Crippen MR) is 86.7 cm³/mol. The highest BCUT2D eigenvalue weighted by molar-refractivity contribution is 5.27. The number of rotatable bonds is 9. The Hall–Kier alpha value is -1.06. The second kappa shape index (κ2) is 9.06. The van der Waals surface area contributed by atoms with Crippen molar-refractivity contribution in [2.45, 2.75) is 52.2 Å². The van der Waals surface area contributed by atoms with Crippen molar-refractivity contribution >= 4 is 0 Å². The zero-order valence-electron chi connectivity index (χ0n) is 13.4. The summed E-state index contributed by atoms with van der Waals surface area (Å²) >= 11 is 0. The maximum atomic E-state index is 5.79. The van der Waals surface area contributed by atoms with Gasteiger partial charge in [0.05, 0.1) is 12.7 Å². The molecule has 1 aliphatic carbocycles. The van der Waals surface area contributed by atoms with Crippen LogP contribution in [0.4, 0.5) is 0 Å². The molecule has 0 heterocycles. The minimum Gasteiger partial charge on any atom is -0.491 e. The van der Waals surface area contributed by atoms with E-state index in [-0.39, 0.29) is 0 Å². The normalized spacial score (nSPS) is 15.8. The Bertz CT molecular complexity index is 383. The molecule has 0 bridgehead atoms. The molecule has 2 rings (SSSR count). The van der Waals surface area contributed by atoms with Crippen LogP contribution < -0.4 is 10.1 Å². The van der Waals surface area contributed by atoms with E-state index in [2.05, 4.69) is 31.3 Å². The smallest absolute Gasteiger partial charge is 0.119 e. The van der Waals surface area contributed by atoms with Gasteiger partial charge >= 0.3 is 0 Å². The summed E-state index contributed by atoms with van der Waals surface area (Å²) in [5.41, 5.74) is 1.30. The lowest BCUT2D eigenvalue weighted by atomic mass is 10.2. The number of nitrogens with one attached hydrogen (secondary N) is 1. The summed E-state index contributed by atoms with van der Waals surface area (Å²) in [6, 6.07) is 8.34. The number of benzene rings is 1. The van der Waals surface area contributed by atoms with Gasteiger partial charge in [0.1, 0.15) is 12.4 Å². The molecule has 0 radical (unpaired) electrons. The lowest BCUT2D eigenvalue weighted by molar-refractivity contribution is 0.0382. The minimum atomic E-state index is 0.475. The maximum Gasteiger partial charge on any atom is 0.119 e. The molecule has 3 heteroatoms. The summed E-state index contributed by atoms with van der Waals surface area (Å²) in [6.07, 6.45) is 5.55. The van der Waals surface area contributed by atoms with E-state index in [9.17, 15) is 0 Å². The van der Waals surface area contributed by atoms with E-state index in [1.165, 1.54) is 31.2 Å². The van der Waals surface area contributed by atoms with E-state index in [1.807, 2.05) is 12.1 Å². The lowest BCUT2D eigenvalue weighted by Gasteiger charge is -2.12. The quantitative estimate of drug-likeness (QED) is 0.703. The van der Waals surface area contributed by atoms with Gasteiger partial charge in [-0.2, -0.15) is 0 Å². The molecule has 1 aromatic rings. The van der Waals surface area contributed by atoms with Crippen molar-refractivity contribution in [1.82, 2.24) is 5.32 Å². The Balaban J connectivity index is 1.60. The highest BCUT2D eigenvalue weighted by Crippen LogP contribution is 2.20. The Morgan fingerprint density at radius 1 is 1.10 bits per heavy atom. The topological polar surface area (TPSA) is 30.5 Å². The average Bonchev–Trinajstić information content (AvgIpc) is 2.98. The van der Waals surface area contributed by atoms with Gasteiger partial charge in [-0.05, 0) is 43.0 Å². The standard InChI is InChI=1S/C18H29NO2/c1-15(2)13-19-14-16-7-9-18(10-8-16)21-12-11-20-17-5-3-4-6-17/h7-10,15,17,19H,3-6,11-14H2,1-2H3. The van der Waals surface area contributed by atoms with E-state index >= 15 is 0 Å². The maximum absolute atomic E-state index is 5.79. The number of hydrogen-bond acceptors (Lipinski definition) is 3. The van der Waals surface area contributed by atoms with E-state index in [4.69, 9.17) is 9.47 Å². The monoisotopic (exact) mass is 291 g/mol. The predicted octanol–water partition coefficient (Wildman–Crippen LogP) is 3.77. The summed E-state index contributed by atoms with van der Waals surface area (Å²) in [5, 5.41) is 3.44. The summed E-state index contributed by atoms with van der Waals surface area (Å²) in [4.78, 5) is 0. The first-order valence-corrected chi connectivity index (χ1v) is 8.28. The van der Waals surface area contributed by atoms with Gasteiger partial charge in [0.25, 0.3) is 0 Å². The molecule has 0 unspecified atom stereocenters. The first kappa shape index (κ1) is 16.3. The molecule has 0 amide bonds. The van der Waals surface area contributed by atoms with Gasteiger partial charge in [0.2, 0.25) is 0 Å². The van der Waals surface area contributed by atoms with E-state index in [0.717, 1.165) is 18.8 Å². The van der Waals surface area contributed by atoms with Crippen molar-refractivity contribution in [3.05, 3.63) is 29.8 Å². The summed E-state index contributed by atoms with van der Waals surface area (Å²) in [7, 11) is 0. The SMILES string of the molecule is CC(C)CNCc1ccc(OCCOC2CCCC2)cc1. The minimum absolute atomic E-state index is 0.475. The van der Waals surface area contributed by atoms with Crippen molar-refractivity contribution in [2.24, 2.45) is 5.92 Å². The molecular weight excluding hydrogens is 262 g/mol. The van der Waals surface area contributed by atoms with Crippen molar-refractivity contribution in [3.8, 4) is 5.75 Å². The van der Waals surface area contributed by atoms with E-state index in [0.29, 0.717) is 25.2 Å². The van der Waals surface area contributed by atoms with Crippen LogP contribution in [0.1, 0.15) is 45.1 Å². The first-order chi connectivity index (χ1) is 10.2.